The second kappa shape index (κ2) is 10.7. The number of nitrogens with one attached hydrogen (secondary N) is 2. The predicted molar refractivity (Wildman–Crippen MR) is 143 cm³/mol. The first-order valence-electron chi connectivity index (χ1n) is 11.6. The van der Waals surface area contributed by atoms with Gasteiger partial charge >= 0.3 is 0 Å². The lowest BCUT2D eigenvalue weighted by atomic mass is 10.2. The zero-order valence-corrected chi connectivity index (χ0v) is 21.1. The third-order valence-corrected chi connectivity index (χ3v) is 6.05. The van der Waals surface area contributed by atoms with Crippen molar-refractivity contribution in [1.29, 1.82) is 0 Å². The number of rotatable bonds is 7. The van der Waals surface area contributed by atoms with Crippen LogP contribution in [0.1, 0.15) is 24.6 Å². The van der Waals surface area contributed by atoms with Crippen molar-refractivity contribution >= 4 is 45.8 Å². The molecule has 0 aliphatic rings. The number of anilines is 2. The van der Waals surface area contributed by atoms with Gasteiger partial charge < -0.3 is 15.1 Å². The number of furan rings is 1. The monoisotopic (exact) mass is 545 g/mol. The number of halogens is 1. The molecule has 0 saturated heterocycles. The summed E-state index contributed by atoms with van der Waals surface area (Å²) in [6, 6.07) is 10.8. The number of carbonyl (C=O) groups excluding carboxylic acids is 2. The third kappa shape index (κ3) is 5.31. The highest BCUT2D eigenvalue weighted by molar-refractivity contribution is 6.34. The molecule has 0 fully saturated rings. The summed E-state index contributed by atoms with van der Waals surface area (Å²) in [5.74, 6) is -0.684. The molecule has 1 aromatic carbocycles. The number of nitrogens with zero attached hydrogens (tertiary/aromatic N) is 5. The van der Waals surface area contributed by atoms with Crippen LogP contribution < -0.4 is 21.8 Å². The first-order valence-corrected chi connectivity index (χ1v) is 12.0. The van der Waals surface area contributed by atoms with Crippen LogP contribution in [-0.4, -0.2) is 35.9 Å². The normalized spacial score (nSPS) is 11.7. The van der Waals surface area contributed by atoms with Crippen molar-refractivity contribution in [3.05, 3.63) is 111 Å². The molecule has 2 amide bonds. The second-order valence-corrected chi connectivity index (χ2v) is 8.82. The molecule has 1 atom stereocenters. The Morgan fingerprint density at radius 3 is 2.69 bits per heavy atom. The SMILES string of the molecule is CC(=O)Nc1ccc(Cl)c(NC(=O)C(c2nc3ncncc3c(=O)n2Cc2ccco2)n2ccccc2=O)c1. The van der Waals surface area contributed by atoms with Crippen LogP contribution in [0.2, 0.25) is 5.02 Å². The Hall–Kier alpha value is -5.10. The standard InChI is InChI=1S/C26H20ClN7O5/c1-15(35)30-16-7-8-19(27)20(11-16)31-25(37)22(33-9-3-2-6-21(33)36)24-32-23-18(12-28-14-29-23)26(38)34(24)13-17-5-4-10-39-17/h2-12,14,22H,13H2,1H3,(H,30,35)(H,31,37). The maximum atomic E-state index is 13.9. The van der Waals surface area contributed by atoms with Crippen molar-refractivity contribution in [1.82, 2.24) is 24.1 Å². The van der Waals surface area contributed by atoms with Crippen LogP contribution in [0, 0.1) is 0 Å². The van der Waals surface area contributed by atoms with Gasteiger partial charge in [0.15, 0.2) is 11.7 Å². The van der Waals surface area contributed by atoms with Gasteiger partial charge in [-0.1, -0.05) is 17.7 Å². The molecule has 4 heterocycles. The van der Waals surface area contributed by atoms with E-state index in [-0.39, 0.29) is 40.0 Å². The van der Waals surface area contributed by atoms with E-state index in [1.807, 2.05) is 0 Å². The van der Waals surface area contributed by atoms with Crippen LogP contribution in [0.15, 0.2) is 87.5 Å². The molecule has 4 aromatic heterocycles. The Balaban J connectivity index is 1.70. The lowest BCUT2D eigenvalue weighted by Crippen LogP contribution is -2.39. The molecule has 13 heteroatoms. The van der Waals surface area contributed by atoms with Gasteiger partial charge in [0.05, 0.1) is 23.5 Å². The van der Waals surface area contributed by atoms with Gasteiger partial charge in [0, 0.05) is 31.1 Å². The minimum absolute atomic E-state index is 0.0492. The van der Waals surface area contributed by atoms with Crippen LogP contribution in [-0.2, 0) is 16.1 Å². The molecule has 5 rings (SSSR count). The van der Waals surface area contributed by atoms with Crippen LogP contribution in [0.25, 0.3) is 11.0 Å². The van der Waals surface area contributed by atoms with Gasteiger partial charge in [-0.3, -0.25) is 28.3 Å². The van der Waals surface area contributed by atoms with Gasteiger partial charge in [0.1, 0.15) is 23.3 Å². The molecule has 1 unspecified atom stereocenters. The van der Waals surface area contributed by atoms with Crippen LogP contribution >= 0.6 is 11.6 Å². The van der Waals surface area contributed by atoms with Crippen molar-refractivity contribution in [2.75, 3.05) is 10.6 Å². The first-order chi connectivity index (χ1) is 18.8. The Morgan fingerprint density at radius 2 is 1.95 bits per heavy atom. The number of benzene rings is 1. The number of hydrogen-bond donors (Lipinski definition) is 2. The fourth-order valence-corrected chi connectivity index (χ4v) is 4.19. The van der Waals surface area contributed by atoms with E-state index in [1.54, 1.807) is 24.3 Å². The highest BCUT2D eigenvalue weighted by Gasteiger charge is 2.30. The summed E-state index contributed by atoms with van der Waals surface area (Å²) in [5, 5.41) is 5.64. The summed E-state index contributed by atoms with van der Waals surface area (Å²) < 4.78 is 7.83. The van der Waals surface area contributed by atoms with Gasteiger partial charge in [-0.15, -0.1) is 0 Å². The topological polar surface area (TPSA) is 154 Å². The Kier molecular flexibility index (Phi) is 7.02. The van der Waals surface area contributed by atoms with Crippen molar-refractivity contribution < 1.29 is 14.0 Å². The van der Waals surface area contributed by atoms with Crippen LogP contribution in [0.3, 0.4) is 0 Å². The van der Waals surface area contributed by atoms with Gasteiger partial charge in [-0.2, -0.15) is 0 Å². The lowest BCUT2D eigenvalue weighted by Gasteiger charge is -2.22. The molecule has 0 aliphatic heterocycles. The molecule has 0 bridgehead atoms. The summed E-state index contributed by atoms with van der Waals surface area (Å²) in [4.78, 5) is 64.6. The van der Waals surface area contributed by atoms with Crippen LogP contribution in [0.4, 0.5) is 11.4 Å². The van der Waals surface area contributed by atoms with E-state index in [2.05, 4.69) is 25.6 Å². The maximum absolute atomic E-state index is 13.9. The number of hydrogen-bond acceptors (Lipinski definition) is 8. The van der Waals surface area contributed by atoms with Gasteiger partial charge in [-0.05, 0) is 36.4 Å². The highest BCUT2D eigenvalue weighted by Crippen LogP contribution is 2.28. The average molecular weight is 546 g/mol. The number of amides is 2. The average Bonchev–Trinajstić information content (AvgIpc) is 3.42. The smallest absolute Gasteiger partial charge is 0.265 e. The van der Waals surface area contributed by atoms with E-state index in [1.165, 1.54) is 60.7 Å². The summed E-state index contributed by atoms with van der Waals surface area (Å²) in [7, 11) is 0. The zero-order valence-electron chi connectivity index (χ0n) is 20.4. The molecule has 0 spiro atoms. The van der Waals surface area contributed by atoms with Gasteiger partial charge in [0.25, 0.3) is 17.0 Å². The van der Waals surface area contributed by atoms with E-state index in [0.717, 1.165) is 4.57 Å². The second-order valence-electron chi connectivity index (χ2n) is 8.41. The molecular formula is C26H20ClN7O5. The molecule has 0 saturated carbocycles. The largest absolute Gasteiger partial charge is 0.467 e. The summed E-state index contributed by atoms with van der Waals surface area (Å²) >= 11 is 6.34. The van der Waals surface area contributed by atoms with E-state index in [0.29, 0.717) is 11.4 Å². The fraction of sp³-hybridized carbons (Fsp3) is 0.115. The van der Waals surface area contributed by atoms with E-state index in [4.69, 9.17) is 16.0 Å². The van der Waals surface area contributed by atoms with Crippen molar-refractivity contribution in [3.63, 3.8) is 0 Å². The molecular weight excluding hydrogens is 526 g/mol. The summed E-state index contributed by atoms with van der Waals surface area (Å²) in [6.45, 7) is 1.26. The lowest BCUT2D eigenvalue weighted by molar-refractivity contribution is -0.118. The summed E-state index contributed by atoms with van der Waals surface area (Å²) in [5.41, 5.74) is -0.430. The Labute approximate surface area is 224 Å². The molecule has 196 valence electrons. The molecule has 39 heavy (non-hydrogen) atoms. The number of fused-ring (bicyclic) bond motifs is 1. The van der Waals surface area contributed by atoms with Crippen molar-refractivity contribution in [2.24, 2.45) is 0 Å². The molecule has 12 nitrogen and oxygen atoms in total. The van der Waals surface area contributed by atoms with E-state index in [9.17, 15) is 19.2 Å². The number of pyridine rings is 1. The van der Waals surface area contributed by atoms with Crippen LogP contribution in [0.5, 0.6) is 0 Å². The Morgan fingerprint density at radius 1 is 1.10 bits per heavy atom. The first kappa shape index (κ1) is 25.5. The fourth-order valence-electron chi connectivity index (χ4n) is 4.03. The highest BCUT2D eigenvalue weighted by atomic mass is 35.5. The van der Waals surface area contributed by atoms with Crippen molar-refractivity contribution in [3.8, 4) is 0 Å². The summed E-state index contributed by atoms with van der Waals surface area (Å²) in [6.07, 6.45) is 5.42. The van der Waals surface area contributed by atoms with Gasteiger partial charge in [-0.25, -0.2) is 15.0 Å². The minimum atomic E-state index is -1.43. The van der Waals surface area contributed by atoms with E-state index >= 15 is 0 Å². The third-order valence-electron chi connectivity index (χ3n) is 5.72. The van der Waals surface area contributed by atoms with E-state index < -0.39 is 23.1 Å². The molecule has 2 N–H and O–H groups in total. The maximum Gasteiger partial charge on any atom is 0.265 e. The molecule has 5 aromatic rings. The number of carbonyl (C=O) groups is 2. The zero-order chi connectivity index (χ0) is 27.5. The van der Waals surface area contributed by atoms with Gasteiger partial charge in [0.2, 0.25) is 5.91 Å². The molecule has 0 radical (unpaired) electrons. The Bertz CT molecular complexity index is 1810. The molecule has 0 aliphatic carbocycles. The number of aromatic nitrogens is 5. The van der Waals surface area contributed by atoms with Crippen molar-refractivity contribution in [2.45, 2.75) is 19.5 Å². The predicted octanol–water partition coefficient (Wildman–Crippen LogP) is 2.83. The minimum Gasteiger partial charge on any atom is -0.467 e. The quantitative estimate of drug-likeness (QED) is 0.316.